The molecule has 0 saturated heterocycles. The molecule has 0 amide bonds. The molecular weight excluding hydrogens is 192 g/mol. The Morgan fingerprint density at radius 1 is 1.33 bits per heavy atom. The second kappa shape index (κ2) is 8.72. The number of carboxylic acids is 1. The maximum Gasteiger partial charge on any atom is 0.306 e. The maximum absolute atomic E-state index is 11.0. The van der Waals surface area contributed by atoms with Crippen LogP contribution in [0.5, 0.6) is 0 Å². The van der Waals surface area contributed by atoms with E-state index in [1.165, 1.54) is 0 Å². The second-order valence-electron chi connectivity index (χ2n) is 4.14. The second-order valence-corrected chi connectivity index (χ2v) is 4.14. The third-order valence-electron chi connectivity index (χ3n) is 2.63. The highest BCUT2D eigenvalue weighted by molar-refractivity contribution is 5.70. The van der Waals surface area contributed by atoms with E-state index in [1.54, 1.807) is 0 Å². The fourth-order valence-corrected chi connectivity index (χ4v) is 1.59. The highest BCUT2D eigenvalue weighted by Gasteiger charge is 2.23. The van der Waals surface area contributed by atoms with Crippen molar-refractivity contribution >= 4 is 5.97 Å². The number of unbranched alkanes of at least 4 members (excludes halogenated alkanes) is 1. The predicted octanol–water partition coefficient (Wildman–Crippen LogP) is 2.94. The lowest BCUT2D eigenvalue weighted by molar-refractivity contribution is -0.144. The lowest BCUT2D eigenvalue weighted by Crippen LogP contribution is -2.25. The molecule has 0 aliphatic heterocycles. The summed E-state index contributed by atoms with van der Waals surface area (Å²) >= 11 is 0. The Kier molecular flexibility index (Phi) is 8.38. The lowest BCUT2D eigenvalue weighted by atomic mass is 9.91. The maximum atomic E-state index is 11.0. The molecular formula is C12H24O3. The van der Waals surface area contributed by atoms with E-state index in [1.807, 2.05) is 13.8 Å². The lowest BCUT2D eigenvalue weighted by Gasteiger charge is -2.19. The first-order valence-electron chi connectivity index (χ1n) is 5.94. The summed E-state index contributed by atoms with van der Waals surface area (Å²) in [5.74, 6) is -0.834. The van der Waals surface area contributed by atoms with Gasteiger partial charge in [-0.3, -0.25) is 4.79 Å². The molecule has 0 fully saturated rings. The van der Waals surface area contributed by atoms with Crippen LogP contribution in [0.1, 0.15) is 46.5 Å². The molecule has 0 aromatic heterocycles. The average molecular weight is 216 g/mol. The topological polar surface area (TPSA) is 46.5 Å². The molecule has 0 rings (SSSR count). The molecule has 3 heteroatoms. The minimum absolute atomic E-state index is 0.110. The fraction of sp³-hybridized carbons (Fsp3) is 0.917. The van der Waals surface area contributed by atoms with Crippen molar-refractivity contribution in [2.24, 2.45) is 11.8 Å². The van der Waals surface area contributed by atoms with Gasteiger partial charge in [0.1, 0.15) is 0 Å². The summed E-state index contributed by atoms with van der Waals surface area (Å²) in [6.45, 7) is 7.40. The van der Waals surface area contributed by atoms with E-state index < -0.39 is 5.97 Å². The van der Waals surface area contributed by atoms with Crippen molar-refractivity contribution in [2.45, 2.75) is 46.5 Å². The summed E-state index contributed by atoms with van der Waals surface area (Å²) in [6.07, 6.45) is 3.83. The highest BCUT2D eigenvalue weighted by Crippen LogP contribution is 2.18. The molecule has 0 aliphatic rings. The molecule has 90 valence electrons. The van der Waals surface area contributed by atoms with E-state index in [9.17, 15) is 4.79 Å². The third-order valence-corrected chi connectivity index (χ3v) is 2.63. The molecule has 2 atom stereocenters. The molecule has 0 saturated carbocycles. The SMILES string of the molecule is CCCCOCC(C)C(CCC)C(=O)O. The van der Waals surface area contributed by atoms with Gasteiger partial charge in [0.05, 0.1) is 5.92 Å². The molecule has 0 aromatic rings. The van der Waals surface area contributed by atoms with Crippen LogP contribution in [0.2, 0.25) is 0 Å². The molecule has 0 radical (unpaired) electrons. The minimum Gasteiger partial charge on any atom is -0.481 e. The van der Waals surface area contributed by atoms with Crippen LogP contribution in [0.15, 0.2) is 0 Å². The zero-order valence-electron chi connectivity index (χ0n) is 10.2. The van der Waals surface area contributed by atoms with Gasteiger partial charge in [0.15, 0.2) is 0 Å². The number of hydrogen-bond acceptors (Lipinski definition) is 2. The van der Waals surface area contributed by atoms with Crippen molar-refractivity contribution in [3.8, 4) is 0 Å². The normalized spacial score (nSPS) is 14.9. The number of rotatable bonds is 9. The van der Waals surface area contributed by atoms with Gasteiger partial charge in [0.2, 0.25) is 0 Å². The van der Waals surface area contributed by atoms with Crippen molar-refractivity contribution in [3.63, 3.8) is 0 Å². The Morgan fingerprint density at radius 3 is 2.47 bits per heavy atom. The van der Waals surface area contributed by atoms with Gasteiger partial charge >= 0.3 is 5.97 Å². The summed E-state index contributed by atoms with van der Waals surface area (Å²) in [5.41, 5.74) is 0. The van der Waals surface area contributed by atoms with Gasteiger partial charge in [-0.15, -0.1) is 0 Å². The molecule has 15 heavy (non-hydrogen) atoms. The predicted molar refractivity (Wildman–Crippen MR) is 60.9 cm³/mol. The van der Waals surface area contributed by atoms with Crippen LogP contribution in [0, 0.1) is 11.8 Å². The van der Waals surface area contributed by atoms with Crippen LogP contribution in [-0.4, -0.2) is 24.3 Å². The van der Waals surface area contributed by atoms with Crippen molar-refractivity contribution in [1.29, 1.82) is 0 Å². The summed E-state index contributed by atoms with van der Waals surface area (Å²) in [7, 11) is 0. The van der Waals surface area contributed by atoms with E-state index in [-0.39, 0.29) is 11.8 Å². The zero-order chi connectivity index (χ0) is 11.7. The van der Waals surface area contributed by atoms with Crippen molar-refractivity contribution in [2.75, 3.05) is 13.2 Å². The van der Waals surface area contributed by atoms with Crippen molar-refractivity contribution in [1.82, 2.24) is 0 Å². The fourth-order valence-electron chi connectivity index (χ4n) is 1.59. The van der Waals surface area contributed by atoms with Crippen molar-refractivity contribution in [3.05, 3.63) is 0 Å². The smallest absolute Gasteiger partial charge is 0.306 e. The van der Waals surface area contributed by atoms with E-state index in [0.717, 1.165) is 32.3 Å². The Morgan fingerprint density at radius 2 is 2.00 bits per heavy atom. The monoisotopic (exact) mass is 216 g/mol. The first-order valence-corrected chi connectivity index (χ1v) is 5.94. The quantitative estimate of drug-likeness (QED) is 0.603. The molecule has 0 spiro atoms. The standard InChI is InChI=1S/C12H24O3/c1-4-6-8-15-9-10(3)11(7-5-2)12(13)14/h10-11H,4-9H2,1-3H3,(H,13,14). The first-order chi connectivity index (χ1) is 7.13. The Hall–Kier alpha value is -0.570. The largest absolute Gasteiger partial charge is 0.481 e. The molecule has 3 nitrogen and oxygen atoms in total. The Bertz CT molecular complexity index is 168. The van der Waals surface area contributed by atoms with Gasteiger partial charge in [0, 0.05) is 13.2 Å². The number of aliphatic carboxylic acids is 1. The highest BCUT2D eigenvalue weighted by atomic mass is 16.5. The van der Waals surface area contributed by atoms with Crippen LogP contribution in [0.25, 0.3) is 0 Å². The average Bonchev–Trinajstić information content (AvgIpc) is 2.20. The Balaban J connectivity index is 3.81. The molecule has 0 bridgehead atoms. The van der Waals surface area contributed by atoms with E-state index in [0.29, 0.717) is 6.61 Å². The van der Waals surface area contributed by atoms with E-state index in [4.69, 9.17) is 9.84 Å². The van der Waals surface area contributed by atoms with Gasteiger partial charge < -0.3 is 9.84 Å². The van der Waals surface area contributed by atoms with Crippen molar-refractivity contribution < 1.29 is 14.6 Å². The molecule has 2 unspecified atom stereocenters. The first kappa shape index (κ1) is 14.4. The van der Waals surface area contributed by atoms with Crippen LogP contribution >= 0.6 is 0 Å². The number of carboxylic acid groups (broad SMARTS) is 1. The van der Waals surface area contributed by atoms with Crippen LogP contribution in [0.3, 0.4) is 0 Å². The molecule has 1 N–H and O–H groups in total. The number of carbonyl (C=O) groups is 1. The van der Waals surface area contributed by atoms with Crippen LogP contribution in [0.4, 0.5) is 0 Å². The molecule has 0 aromatic carbocycles. The summed E-state index contributed by atoms with van der Waals surface area (Å²) in [5, 5.41) is 9.02. The summed E-state index contributed by atoms with van der Waals surface area (Å²) < 4.78 is 5.45. The van der Waals surface area contributed by atoms with Gasteiger partial charge in [-0.1, -0.05) is 33.6 Å². The minimum atomic E-state index is -0.691. The van der Waals surface area contributed by atoms with E-state index >= 15 is 0 Å². The van der Waals surface area contributed by atoms with Gasteiger partial charge in [-0.2, -0.15) is 0 Å². The molecule has 0 heterocycles. The van der Waals surface area contributed by atoms with Crippen LogP contribution in [-0.2, 0) is 9.53 Å². The van der Waals surface area contributed by atoms with Gasteiger partial charge in [-0.25, -0.2) is 0 Å². The zero-order valence-corrected chi connectivity index (χ0v) is 10.2. The third kappa shape index (κ3) is 6.50. The van der Waals surface area contributed by atoms with Crippen LogP contribution < -0.4 is 0 Å². The Labute approximate surface area is 92.8 Å². The number of ether oxygens (including phenoxy) is 1. The van der Waals surface area contributed by atoms with Gasteiger partial charge in [0.25, 0.3) is 0 Å². The summed E-state index contributed by atoms with van der Waals surface area (Å²) in [6, 6.07) is 0. The summed E-state index contributed by atoms with van der Waals surface area (Å²) in [4.78, 5) is 11.0. The number of hydrogen-bond donors (Lipinski definition) is 1. The van der Waals surface area contributed by atoms with Gasteiger partial charge in [-0.05, 0) is 18.8 Å². The van der Waals surface area contributed by atoms with E-state index in [2.05, 4.69) is 6.92 Å². The molecule has 0 aliphatic carbocycles.